The molecule has 0 fully saturated rings. The van der Waals surface area contributed by atoms with E-state index in [9.17, 15) is 19.2 Å². The summed E-state index contributed by atoms with van der Waals surface area (Å²) in [6.45, 7) is 7.76. The third kappa shape index (κ3) is 7.76. The largest absolute Gasteiger partial charge is 0.487 e. The van der Waals surface area contributed by atoms with Crippen molar-refractivity contribution in [1.82, 2.24) is 15.6 Å². The molecular formula is C36H38N4O6. The van der Waals surface area contributed by atoms with E-state index in [0.717, 1.165) is 22.3 Å². The molecule has 0 atom stereocenters. The highest BCUT2D eigenvalue weighted by Gasteiger charge is 2.19. The lowest BCUT2D eigenvalue weighted by Crippen LogP contribution is -2.38. The van der Waals surface area contributed by atoms with Crippen LogP contribution in [0.15, 0.2) is 66.7 Å². The number of amides is 3. The SMILES string of the molecule is CCOC(=O)c1cc(C)nc2c(OCc3c(C)ccc(N(C)C(=O)CNC(=O)C=Cc4ccc(C(=O)NC)cc4)c3C)cccc12. The Bertz CT molecular complexity index is 1810. The first kappa shape index (κ1) is 33.4. The van der Waals surface area contributed by atoms with Crippen LogP contribution in [0, 0.1) is 20.8 Å². The van der Waals surface area contributed by atoms with Gasteiger partial charge in [-0.05, 0) is 86.4 Å². The molecule has 4 rings (SSSR count). The number of hydrogen-bond donors (Lipinski definition) is 2. The molecule has 46 heavy (non-hydrogen) atoms. The summed E-state index contributed by atoms with van der Waals surface area (Å²) in [5, 5.41) is 5.83. The van der Waals surface area contributed by atoms with E-state index < -0.39 is 11.9 Å². The first-order valence-electron chi connectivity index (χ1n) is 14.9. The van der Waals surface area contributed by atoms with Crippen molar-refractivity contribution in [3.05, 3.63) is 106 Å². The Balaban J connectivity index is 1.44. The Morgan fingerprint density at radius 2 is 1.72 bits per heavy atom. The second kappa shape index (κ2) is 15.0. The molecule has 1 heterocycles. The minimum Gasteiger partial charge on any atom is -0.487 e. The summed E-state index contributed by atoms with van der Waals surface area (Å²) in [4.78, 5) is 55.9. The van der Waals surface area contributed by atoms with Gasteiger partial charge in [-0.15, -0.1) is 0 Å². The van der Waals surface area contributed by atoms with Gasteiger partial charge in [-0.3, -0.25) is 14.4 Å². The molecule has 3 aromatic carbocycles. The van der Waals surface area contributed by atoms with Gasteiger partial charge in [0.05, 0.1) is 18.7 Å². The molecule has 0 saturated carbocycles. The van der Waals surface area contributed by atoms with Gasteiger partial charge >= 0.3 is 5.97 Å². The zero-order chi connectivity index (χ0) is 33.4. The van der Waals surface area contributed by atoms with E-state index in [1.54, 1.807) is 57.4 Å². The van der Waals surface area contributed by atoms with Crippen LogP contribution < -0.4 is 20.3 Å². The molecule has 0 saturated heterocycles. The maximum atomic E-state index is 13.1. The van der Waals surface area contributed by atoms with Gasteiger partial charge in [0.25, 0.3) is 5.91 Å². The minimum atomic E-state index is -0.420. The molecule has 0 radical (unpaired) electrons. The summed E-state index contributed by atoms with van der Waals surface area (Å²) in [6, 6.07) is 17.7. The Kier molecular flexibility index (Phi) is 10.9. The first-order valence-corrected chi connectivity index (χ1v) is 14.9. The molecule has 2 N–H and O–H groups in total. The average molecular weight is 623 g/mol. The number of nitrogens with zero attached hydrogens (tertiary/aromatic N) is 2. The quantitative estimate of drug-likeness (QED) is 0.177. The monoisotopic (exact) mass is 622 g/mol. The lowest BCUT2D eigenvalue weighted by Gasteiger charge is -2.23. The van der Waals surface area contributed by atoms with Gasteiger partial charge in [0, 0.05) is 42.5 Å². The predicted octanol–water partition coefficient (Wildman–Crippen LogP) is 5.07. The molecule has 0 bridgehead atoms. The number of ether oxygens (including phenoxy) is 2. The van der Waals surface area contributed by atoms with E-state index >= 15 is 0 Å². The molecule has 3 amide bonds. The van der Waals surface area contributed by atoms with Crippen molar-refractivity contribution in [3.8, 4) is 5.75 Å². The highest BCUT2D eigenvalue weighted by molar-refractivity contribution is 6.05. The molecular weight excluding hydrogens is 584 g/mol. The fraction of sp³-hybridized carbons (Fsp3) is 0.250. The molecule has 10 nitrogen and oxygen atoms in total. The smallest absolute Gasteiger partial charge is 0.338 e. The second-order valence-electron chi connectivity index (χ2n) is 10.7. The highest BCUT2D eigenvalue weighted by atomic mass is 16.5. The predicted molar refractivity (Wildman–Crippen MR) is 178 cm³/mol. The van der Waals surface area contributed by atoms with Crippen LogP contribution in [-0.2, 0) is 20.9 Å². The lowest BCUT2D eigenvalue weighted by molar-refractivity contribution is -0.122. The van der Waals surface area contributed by atoms with Crippen LogP contribution >= 0.6 is 0 Å². The number of anilines is 1. The number of carbonyl (C=O) groups is 4. The normalized spacial score (nSPS) is 10.9. The van der Waals surface area contributed by atoms with Crippen LogP contribution in [0.3, 0.4) is 0 Å². The van der Waals surface area contributed by atoms with Gasteiger partial charge in [-0.2, -0.15) is 0 Å². The summed E-state index contributed by atoms with van der Waals surface area (Å²) in [5.74, 6) is -0.795. The third-order valence-corrected chi connectivity index (χ3v) is 7.58. The second-order valence-corrected chi connectivity index (χ2v) is 10.7. The van der Waals surface area contributed by atoms with Crippen LogP contribution in [-0.4, -0.2) is 55.9 Å². The van der Waals surface area contributed by atoms with Crippen molar-refractivity contribution in [2.75, 3.05) is 32.1 Å². The van der Waals surface area contributed by atoms with Crippen molar-refractivity contribution in [3.63, 3.8) is 0 Å². The van der Waals surface area contributed by atoms with Gasteiger partial charge in [-0.25, -0.2) is 9.78 Å². The maximum absolute atomic E-state index is 13.1. The van der Waals surface area contributed by atoms with Crippen molar-refractivity contribution in [2.24, 2.45) is 0 Å². The molecule has 0 aliphatic carbocycles. The number of likely N-dealkylation sites (N-methyl/N-ethyl adjacent to an activating group) is 1. The number of hydrogen-bond acceptors (Lipinski definition) is 7. The Morgan fingerprint density at radius 3 is 2.41 bits per heavy atom. The first-order chi connectivity index (χ1) is 22.0. The summed E-state index contributed by atoms with van der Waals surface area (Å²) in [5.41, 5.74) is 6.36. The van der Waals surface area contributed by atoms with Gasteiger partial charge in [-0.1, -0.05) is 30.3 Å². The number of rotatable bonds is 11. The molecule has 0 unspecified atom stereocenters. The van der Waals surface area contributed by atoms with Crippen LogP contribution in [0.25, 0.3) is 17.0 Å². The number of para-hydroxylation sites is 1. The number of benzene rings is 3. The fourth-order valence-electron chi connectivity index (χ4n) is 5.00. The summed E-state index contributed by atoms with van der Waals surface area (Å²) in [6.07, 6.45) is 2.95. The number of aryl methyl sites for hydroxylation is 2. The zero-order valence-corrected chi connectivity index (χ0v) is 26.9. The molecule has 0 spiro atoms. The van der Waals surface area contributed by atoms with Gasteiger partial charge in [0.15, 0.2) is 0 Å². The zero-order valence-electron chi connectivity index (χ0n) is 26.9. The van der Waals surface area contributed by atoms with E-state index in [2.05, 4.69) is 15.6 Å². The Morgan fingerprint density at radius 1 is 0.978 bits per heavy atom. The summed E-state index contributed by atoms with van der Waals surface area (Å²) < 4.78 is 11.5. The summed E-state index contributed by atoms with van der Waals surface area (Å²) in [7, 11) is 3.22. The van der Waals surface area contributed by atoms with E-state index in [1.165, 1.54) is 11.0 Å². The maximum Gasteiger partial charge on any atom is 0.338 e. The van der Waals surface area contributed by atoms with Crippen molar-refractivity contribution >= 4 is 46.4 Å². The topological polar surface area (TPSA) is 127 Å². The van der Waals surface area contributed by atoms with Gasteiger partial charge < -0.3 is 25.0 Å². The standard InChI is InChI=1S/C36H38N4O6/c1-7-45-36(44)28-19-23(3)39-34-27(28)9-8-10-31(34)46-21-29-22(2)11-17-30(24(29)4)40(6)33(42)20-38-32(41)18-14-25-12-15-26(16-13-25)35(43)37-5/h8-19H,7,20-21H2,1-6H3,(H,37,43)(H,38,41). The molecule has 1 aromatic heterocycles. The van der Waals surface area contributed by atoms with Crippen LogP contribution in [0.2, 0.25) is 0 Å². The minimum absolute atomic E-state index is 0.192. The van der Waals surface area contributed by atoms with E-state index in [-0.39, 0.29) is 31.6 Å². The highest BCUT2D eigenvalue weighted by Crippen LogP contribution is 2.31. The number of carbonyl (C=O) groups excluding carboxylic acids is 4. The molecule has 0 aliphatic heterocycles. The van der Waals surface area contributed by atoms with E-state index in [0.29, 0.717) is 39.2 Å². The number of nitrogens with one attached hydrogen (secondary N) is 2. The van der Waals surface area contributed by atoms with Crippen molar-refractivity contribution in [1.29, 1.82) is 0 Å². The fourth-order valence-corrected chi connectivity index (χ4v) is 5.00. The average Bonchev–Trinajstić information content (AvgIpc) is 3.05. The third-order valence-electron chi connectivity index (χ3n) is 7.58. The van der Waals surface area contributed by atoms with Crippen LogP contribution in [0.1, 0.15) is 55.6 Å². The molecule has 10 heteroatoms. The van der Waals surface area contributed by atoms with Gasteiger partial charge in [0.1, 0.15) is 17.9 Å². The van der Waals surface area contributed by atoms with Crippen molar-refractivity contribution < 1.29 is 28.7 Å². The van der Waals surface area contributed by atoms with Gasteiger partial charge in [0.2, 0.25) is 11.8 Å². The van der Waals surface area contributed by atoms with Crippen LogP contribution in [0.4, 0.5) is 5.69 Å². The Labute approximate surface area is 268 Å². The van der Waals surface area contributed by atoms with Crippen LogP contribution in [0.5, 0.6) is 5.75 Å². The number of fused-ring (bicyclic) bond motifs is 1. The molecule has 4 aromatic rings. The molecule has 0 aliphatic rings. The van der Waals surface area contributed by atoms with Crippen molar-refractivity contribution in [2.45, 2.75) is 34.3 Å². The van der Waals surface area contributed by atoms with E-state index in [1.807, 2.05) is 51.1 Å². The van der Waals surface area contributed by atoms with E-state index in [4.69, 9.17) is 9.47 Å². The lowest BCUT2D eigenvalue weighted by atomic mass is 10.0. The number of aromatic nitrogens is 1. The molecule has 238 valence electrons. The number of pyridine rings is 1. The Hall–Kier alpha value is -5.51. The number of esters is 1. The summed E-state index contributed by atoms with van der Waals surface area (Å²) >= 11 is 0.